The van der Waals surface area contributed by atoms with Crippen LogP contribution in [0.1, 0.15) is 47.0 Å². The van der Waals surface area contributed by atoms with E-state index in [1.165, 1.54) is 4.90 Å². The number of ketones is 1. The highest BCUT2D eigenvalue weighted by Gasteiger charge is 2.31. The number of ether oxygens (including phenoxy) is 2. The molecule has 1 fully saturated rings. The van der Waals surface area contributed by atoms with Crippen molar-refractivity contribution in [3.05, 3.63) is 0 Å². The SMILES string of the molecule is CCOC(=O)C(=O)CC(=O)N1CCC(OC(=O)C(C)(C)C)CC1. The highest BCUT2D eigenvalue weighted by Crippen LogP contribution is 2.21. The predicted molar refractivity (Wildman–Crippen MR) is 81.4 cm³/mol. The molecule has 0 aromatic carbocycles. The summed E-state index contributed by atoms with van der Waals surface area (Å²) >= 11 is 0. The molecule has 0 aromatic heterocycles. The lowest BCUT2D eigenvalue weighted by atomic mass is 9.97. The third-order valence-corrected chi connectivity index (χ3v) is 3.50. The third-order valence-electron chi connectivity index (χ3n) is 3.50. The molecule has 0 aromatic rings. The number of esters is 2. The van der Waals surface area contributed by atoms with Crippen LogP contribution in [-0.2, 0) is 28.7 Å². The van der Waals surface area contributed by atoms with E-state index < -0.39 is 29.5 Å². The van der Waals surface area contributed by atoms with Crippen molar-refractivity contribution >= 4 is 23.6 Å². The van der Waals surface area contributed by atoms with Gasteiger partial charge in [0.1, 0.15) is 6.10 Å². The number of carbonyl (C=O) groups excluding carboxylic acids is 4. The smallest absolute Gasteiger partial charge is 0.375 e. The van der Waals surface area contributed by atoms with Crippen LogP contribution in [0.2, 0.25) is 0 Å². The van der Waals surface area contributed by atoms with Gasteiger partial charge in [-0.2, -0.15) is 0 Å². The molecule has 0 bridgehead atoms. The Bertz CT molecular complexity index is 471. The number of Topliss-reactive ketones (excluding diaryl/α,β-unsaturated/α-hetero) is 1. The maximum Gasteiger partial charge on any atom is 0.375 e. The van der Waals surface area contributed by atoms with Gasteiger partial charge in [-0.3, -0.25) is 14.4 Å². The lowest BCUT2D eigenvalue weighted by Crippen LogP contribution is -2.43. The van der Waals surface area contributed by atoms with Crippen LogP contribution in [0.15, 0.2) is 0 Å². The van der Waals surface area contributed by atoms with Crippen LogP contribution in [0.4, 0.5) is 0 Å². The number of hydrogen-bond donors (Lipinski definition) is 0. The lowest BCUT2D eigenvalue weighted by molar-refractivity contribution is -0.161. The van der Waals surface area contributed by atoms with Crippen LogP contribution in [0.5, 0.6) is 0 Å². The fourth-order valence-electron chi connectivity index (χ4n) is 2.08. The van der Waals surface area contributed by atoms with E-state index in [0.29, 0.717) is 25.9 Å². The number of carbonyl (C=O) groups is 4. The average Bonchev–Trinajstić information content (AvgIpc) is 2.47. The van der Waals surface area contributed by atoms with Gasteiger partial charge in [0.2, 0.25) is 11.7 Å². The van der Waals surface area contributed by atoms with Crippen molar-refractivity contribution in [2.24, 2.45) is 5.41 Å². The molecule has 0 atom stereocenters. The molecule has 7 nitrogen and oxygen atoms in total. The second-order valence-electron chi connectivity index (χ2n) is 6.56. The summed E-state index contributed by atoms with van der Waals surface area (Å²) in [7, 11) is 0. The average molecular weight is 327 g/mol. The van der Waals surface area contributed by atoms with E-state index in [4.69, 9.17) is 4.74 Å². The molecule has 130 valence electrons. The Balaban J connectivity index is 2.41. The molecular formula is C16H25NO6. The van der Waals surface area contributed by atoms with E-state index in [1.807, 2.05) is 0 Å². The molecule has 0 unspecified atom stereocenters. The Labute approximate surface area is 136 Å². The minimum Gasteiger partial charge on any atom is -0.462 e. The molecule has 0 saturated carbocycles. The maximum absolute atomic E-state index is 12.0. The fraction of sp³-hybridized carbons (Fsp3) is 0.750. The van der Waals surface area contributed by atoms with Gasteiger partial charge in [-0.15, -0.1) is 0 Å². The topological polar surface area (TPSA) is 90.0 Å². The highest BCUT2D eigenvalue weighted by molar-refractivity contribution is 6.36. The summed E-state index contributed by atoms with van der Waals surface area (Å²) in [6, 6.07) is 0. The quantitative estimate of drug-likeness (QED) is 0.426. The van der Waals surface area contributed by atoms with Gasteiger partial charge in [-0.05, 0) is 27.7 Å². The van der Waals surface area contributed by atoms with Crippen molar-refractivity contribution in [2.45, 2.75) is 53.1 Å². The molecule has 1 rings (SSSR count). The summed E-state index contributed by atoms with van der Waals surface area (Å²) in [6.45, 7) is 7.85. The zero-order valence-electron chi connectivity index (χ0n) is 14.2. The zero-order chi connectivity index (χ0) is 17.6. The third kappa shape index (κ3) is 6.00. The van der Waals surface area contributed by atoms with Gasteiger partial charge in [-0.25, -0.2) is 4.79 Å². The molecule has 7 heteroatoms. The summed E-state index contributed by atoms with van der Waals surface area (Å²) in [5.74, 6) is -2.48. The predicted octanol–water partition coefficient (Wildman–Crippen LogP) is 1.09. The van der Waals surface area contributed by atoms with Crippen molar-refractivity contribution in [1.29, 1.82) is 0 Å². The van der Waals surface area contributed by atoms with Gasteiger partial charge in [0.05, 0.1) is 18.4 Å². The van der Waals surface area contributed by atoms with Gasteiger partial charge < -0.3 is 14.4 Å². The van der Waals surface area contributed by atoms with Crippen molar-refractivity contribution in [1.82, 2.24) is 4.90 Å². The van der Waals surface area contributed by atoms with Gasteiger partial charge in [0.25, 0.3) is 0 Å². The first kappa shape index (κ1) is 19.1. The first-order chi connectivity index (χ1) is 10.6. The Morgan fingerprint density at radius 3 is 2.13 bits per heavy atom. The molecule has 1 amide bonds. The highest BCUT2D eigenvalue weighted by atomic mass is 16.5. The van der Waals surface area contributed by atoms with Gasteiger partial charge in [0.15, 0.2) is 0 Å². The summed E-state index contributed by atoms with van der Waals surface area (Å²) in [4.78, 5) is 48.1. The van der Waals surface area contributed by atoms with Crippen LogP contribution < -0.4 is 0 Å². The summed E-state index contributed by atoms with van der Waals surface area (Å²) in [5, 5.41) is 0. The Morgan fingerprint density at radius 2 is 1.65 bits per heavy atom. The number of nitrogens with zero attached hydrogens (tertiary/aromatic N) is 1. The molecule has 23 heavy (non-hydrogen) atoms. The van der Waals surface area contributed by atoms with Crippen molar-refractivity contribution < 1.29 is 28.7 Å². The van der Waals surface area contributed by atoms with Crippen LogP contribution in [-0.4, -0.2) is 54.3 Å². The number of rotatable bonds is 5. The minimum absolute atomic E-state index is 0.100. The van der Waals surface area contributed by atoms with Crippen LogP contribution in [0.3, 0.4) is 0 Å². The molecule has 0 N–H and O–H groups in total. The normalized spacial score (nSPS) is 15.9. The molecule has 0 aliphatic carbocycles. The van der Waals surface area contributed by atoms with E-state index in [2.05, 4.69) is 4.74 Å². The second-order valence-corrected chi connectivity index (χ2v) is 6.56. The molecule has 1 aliphatic heterocycles. The first-order valence-electron chi connectivity index (χ1n) is 7.84. The lowest BCUT2D eigenvalue weighted by Gasteiger charge is -2.32. The molecule has 0 spiro atoms. The molecule has 1 aliphatic rings. The van der Waals surface area contributed by atoms with Crippen LogP contribution in [0, 0.1) is 5.41 Å². The van der Waals surface area contributed by atoms with Crippen molar-refractivity contribution in [3.63, 3.8) is 0 Å². The zero-order valence-corrected chi connectivity index (χ0v) is 14.2. The summed E-state index contributed by atoms with van der Waals surface area (Å²) < 4.78 is 9.98. The van der Waals surface area contributed by atoms with Gasteiger partial charge in [-0.1, -0.05) is 0 Å². The number of likely N-dealkylation sites (tertiary alicyclic amines) is 1. The van der Waals surface area contributed by atoms with Crippen LogP contribution >= 0.6 is 0 Å². The fourth-order valence-corrected chi connectivity index (χ4v) is 2.08. The Kier molecular flexibility index (Phi) is 6.72. The van der Waals surface area contributed by atoms with E-state index in [9.17, 15) is 19.2 Å². The van der Waals surface area contributed by atoms with E-state index in [0.717, 1.165) is 0 Å². The number of hydrogen-bond acceptors (Lipinski definition) is 6. The largest absolute Gasteiger partial charge is 0.462 e. The van der Waals surface area contributed by atoms with E-state index in [-0.39, 0.29) is 18.7 Å². The molecule has 1 heterocycles. The van der Waals surface area contributed by atoms with Crippen LogP contribution in [0.25, 0.3) is 0 Å². The summed E-state index contributed by atoms with van der Waals surface area (Å²) in [6.07, 6.45) is 0.361. The van der Waals surface area contributed by atoms with E-state index >= 15 is 0 Å². The monoisotopic (exact) mass is 327 g/mol. The Hall–Kier alpha value is -1.92. The standard InChI is InChI=1S/C16H25NO6/c1-5-22-14(20)12(18)10-13(19)17-8-6-11(7-9-17)23-15(21)16(2,3)4/h11H,5-10H2,1-4H3. The second kappa shape index (κ2) is 8.08. The van der Waals surface area contributed by atoms with Crippen molar-refractivity contribution in [3.8, 4) is 0 Å². The van der Waals surface area contributed by atoms with Gasteiger partial charge in [0, 0.05) is 25.9 Å². The first-order valence-corrected chi connectivity index (χ1v) is 7.84. The van der Waals surface area contributed by atoms with Gasteiger partial charge >= 0.3 is 11.9 Å². The number of piperidine rings is 1. The van der Waals surface area contributed by atoms with E-state index in [1.54, 1.807) is 27.7 Å². The summed E-state index contributed by atoms with van der Waals surface area (Å²) in [5.41, 5.74) is -0.557. The van der Waals surface area contributed by atoms with Crippen molar-refractivity contribution in [2.75, 3.05) is 19.7 Å². The minimum atomic E-state index is -0.977. The maximum atomic E-state index is 12.0. The number of amides is 1. The molecule has 1 saturated heterocycles. The molecule has 0 radical (unpaired) electrons. The Morgan fingerprint density at radius 1 is 1.09 bits per heavy atom. The molecular weight excluding hydrogens is 302 g/mol.